The fourth-order valence-corrected chi connectivity index (χ4v) is 4.12. The monoisotopic (exact) mass is 364 g/mol. The van der Waals surface area contributed by atoms with Gasteiger partial charge in [0.1, 0.15) is 18.2 Å². The lowest BCUT2D eigenvalue weighted by atomic mass is 9.97. The van der Waals surface area contributed by atoms with Crippen molar-refractivity contribution >= 4 is 21.9 Å². The van der Waals surface area contributed by atoms with Gasteiger partial charge in [0.2, 0.25) is 5.69 Å². The third kappa shape index (κ3) is 2.53. The van der Waals surface area contributed by atoms with Gasteiger partial charge in [-0.3, -0.25) is 0 Å². The normalized spacial score (nSPS) is 11.4. The molecule has 2 nitrogen and oxygen atoms in total. The summed E-state index contributed by atoms with van der Waals surface area (Å²) in [4.78, 5) is 0. The van der Waals surface area contributed by atoms with Crippen LogP contribution in [0.15, 0.2) is 83.4 Å². The van der Waals surface area contributed by atoms with Gasteiger partial charge in [-0.2, -0.15) is 0 Å². The zero-order chi connectivity index (χ0) is 19.3. The first-order valence-corrected chi connectivity index (χ1v) is 9.60. The van der Waals surface area contributed by atoms with E-state index in [0.717, 1.165) is 11.2 Å². The van der Waals surface area contributed by atoms with E-state index >= 15 is 0 Å². The molecular weight excluding hydrogens is 342 g/mol. The number of rotatable bonds is 2. The maximum Gasteiger partial charge on any atom is 0.216 e. The summed E-state index contributed by atoms with van der Waals surface area (Å²) >= 11 is 0. The zero-order valence-corrected chi connectivity index (χ0v) is 16.4. The van der Waals surface area contributed by atoms with E-state index in [1.54, 1.807) is 0 Å². The molecule has 0 fully saturated rings. The van der Waals surface area contributed by atoms with E-state index in [-0.39, 0.29) is 0 Å². The van der Waals surface area contributed by atoms with Crippen molar-refractivity contribution in [1.82, 2.24) is 0 Å². The highest BCUT2D eigenvalue weighted by atomic mass is 16.3. The number of nitrogens with zero attached hydrogens (tertiary/aromatic N) is 1. The Bertz CT molecular complexity index is 1330. The minimum atomic E-state index is 0.935. The van der Waals surface area contributed by atoms with Crippen molar-refractivity contribution in [1.29, 1.82) is 0 Å². The minimum Gasteiger partial charge on any atom is -0.455 e. The van der Waals surface area contributed by atoms with E-state index in [1.165, 1.54) is 44.3 Å². The fraction of sp³-hybridized carbons (Fsp3) is 0.115. The molecule has 0 saturated heterocycles. The molecule has 0 atom stereocenters. The maximum absolute atomic E-state index is 6.32. The molecule has 2 heterocycles. The van der Waals surface area contributed by atoms with E-state index in [2.05, 4.69) is 92.3 Å². The topological polar surface area (TPSA) is 17.0 Å². The van der Waals surface area contributed by atoms with Gasteiger partial charge >= 0.3 is 0 Å². The number of fused-ring (bicyclic) bond motifs is 3. The summed E-state index contributed by atoms with van der Waals surface area (Å²) < 4.78 is 8.53. The zero-order valence-electron chi connectivity index (χ0n) is 16.4. The summed E-state index contributed by atoms with van der Waals surface area (Å²) in [6, 6.07) is 25.4. The predicted octanol–water partition coefficient (Wildman–Crippen LogP) is 6.36. The van der Waals surface area contributed by atoms with Crippen LogP contribution < -0.4 is 4.57 Å². The van der Waals surface area contributed by atoms with Gasteiger partial charge < -0.3 is 4.42 Å². The van der Waals surface area contributed by atoms with Gasteiger partial charge in [-0.1, -0.05) is 60.7 Å². The molecule has 0 amide bonds. The van der Waals surface area contributed by atoms with E-state index < -0.39 is 0 Å². The Morgan fingerprint density at radius 1 is 0.750 bits per heavy atom. The predicted molar refractivity (Wildman–Crippen MR) is 115 cm³/mol. The van der Waals surface area contributed by atoms with E-state index in [4.69, 9.17) is 4.42 Å². The van der Waals surface area contributed by atoms with Gasteiger partial charge in [-0.15, -0.1) is 0 Å². The molecule has 0 aliphatic heterocycles. The number of para-hydroxylation sites is 1. The van der Waals surface area contributed by atoms with Gasteiger partial charge in [-0.25, -0.2) is 4.57 Å². The van der Waals surface area contributed by atoms with Crippen molar-refractivity contribution in [2.75, 3.05) is 0 Å². The summed E-state index contributed by atoms with van der Waals surface area (Å²) in [5.74, 6) is 0. The van der Waals surface area contributed by atoms with Gasteiger partial charge in [0, 0.05) is 22.4 Å². The van der Waals surface area contributed by atoms with Crippen molar-refractivity contribution in [3.63, 3.8) is 0 Å². The Morgan fingerprint density at radius 3 is 2.32 bits per heavy atom. The molecule has 0 aliphatic carbocycles. The molecular formula is C26H22NO+. The van der Waals surface area contributed by atoms with Gasteiger partial charge in [0.05, 0.1) is 5.56 Å². The Morgan fingerprint density at radius 2 is 1.50 bits per heavy atom. The highest BCUT2D eigenvalue weighted by Crippen LogP contribution is 2.37. The van der Waals surface area contributed by atoms with Crippen LogP contribution >= 0.6 is 0 Å². The molecule has 5 aromatic rings. The Hall–Kier alpha value is -3.39. The molecule has 0 spiro atoms. The average molecular weight is 364 g/mol. The van der Waals surface area contributed by atoms with E-state index in [0.29, 0.717) is 0 Å². The number of hydrogen-bond acceptors (Lipinski definition) is 1. The molecule has 136 valence electrons. The van der Waals surface area contributed by atoms with Crippen molar-refractivity contribution in [2.24, 2.45) is 7.05 Å². The molecule has 28 heavy (non-hydrogen) atoms. The fourth-order valence-electron chi connectivity index (χ4n) is 4.12. The second-order valence-electron chi connectivity index (χ2n) is 7.46. The second-order valence-corrected chi connectivity index (χ2v) is 7.46. The smallest absolute Gasteiger partial charge is 0.216 e. The highest BCUT2D eigenvalue weighted by molar-refractivity contribution is 6.09. The number of pyridine rings is 1. The van der Waals surface area contributed by atoms with E-state index in [9.17, 15) is 0 Å². The lowest BCUT2D eigenvalue weighted by molar-refractivity contribution is -0.659. The van der Waals surface area contributed by atoms with Crippen LogP contribution in [0.25, 0.3) is 44.3 Å². The number of benzene rings is 3. The van der Waals surface area contributed by atoms with E-state index in [1.807, 2.05) is 12.1 Å². The van der Waals surface area contributed by atoms with Crippen LogP contribution in [-0.4, -0.2) is 0 Å². The Kier molecular flexibility index (Phi) is 3.80. The van der Waals surface area contributed by atoms with Crippen LogP contribution in [0, 0.1) is 13.8 Å². The first kappa shape index (κ1) is 16.8. The summed E-state index contributed by atoms with van der Waals surface area (Å²) in [6.07, 6.45) is 2.22. The quantitative estimate of drug-likeness (QED) is 0.333. The molecule has 0 bridgehead atoms. The summed E-state index contributed by atoms with van der Waals surface area (Å²) in [6.45, 7) is 4.34. The molecule has 3 aromatic carbocycles. The van der Waals surface area contributed by atoms with Crippen molar-refractivity contribution in [2.45, 2.75) is 13.8 Å². The number of aromatic nitrogens is 1. The van der Waals surface area contributed by atoms with Crippen LogP contribution in [0.3, 0.4) is 0 Å². The Labute approximate surface area is 164 Å². The third-order valence-corrected chi connectivity index (χ3v) is 5.58. The van der Waals surface area contributed by atoms with Gasteiger partial charge in [0.15, 0.2) is 6.20 Å². The molecule has 2 aromatic heterocycles. The molecule has 0 N–H and O–H groups in total. The van der Waals surface area contributed by atoms with Crippen molar-refractivity contribution < 1.29 is 8.98 Å². The highest BCUT2D eigenvalue weighted by Gasteiger charge is 2.22. The Balaban J connectivity index is 1.79. The average Bonchev–Trinajstić information content (AvgIpc) is 3.09. The summed E-state index contributed by atoms with van der Waals surface area (Å²) in [5.41, 5.74) is 9.19. The minimum absolute atomic E-state index is 0.935. The van der Waals surface area contributed by atoms with Gasteiger partial charge in [-0.05, 0) is 36.6 Å². The molecule has 0 unspecified atom stereocenters. The SMILES string of the molecule is Cc1cc(-c2c(C)ccc3c2oc2ccccc23)[n+](C)cc1-c1ccccc1. The maximum atomic E-state index is 6.32. The molecule has 5 rings (SSSR count). The van der Waals surface area contributed by atoms with Gasteiger partial charge in [0.25, 0.3) is 0 Å². The second kappa shape index (κ2) is 6.35. The standard InChI is InChI=1S/C26H22NO/c1-17-13-14-21-20-11-7-8-12-24(20)28-26(21)25(17)23-15-18(2)22(16-27(23)3)19-9-5-4-6-10-19/h4-16H,1-3H3/q+1. The first-order valence-electron chi connectivity index (χ1n) is 9.60. The molecule has 0 aliphatic rings. The first-order chi connectivity index (χ1) is 13.6. The van der Waals surface area contributed by atoms with Crippen LogP contribution in [-0.2, 0) is 7.05 Å². The lowest BCUT2D eigenvalue weighted by Gasteiger charge is -2.10. The summed E-state index contributed by atoms with van der Waals surface area (Å²) in [7, 11) is 2.11. The number of hydrogen-bond donors (Lipinski definition) is 0. The van der Waals surface area contributed by atoms with Crippen LogP contribution in [0.5, 0.6) is 0 Å². The summed E-state index contributed by atoms with van der Waals surface area (Å²) in [5, 5.41) is 2.33. The number of furan rings is 1. The largest absolute Gasteiger partial charge is 0.455 e. The lowest BCUT2D eigenvalue weighted by Crippen LogP contribution is -2.31. The van der Waals surface area contributed by atoms with Crippen LogP contribution in [0.2, 0.25) is 0 Å². The molecule has 2 heteroatoms. The molecule has 0 radical (unpaired) electrons. The third-order valence-electron chi connectivity index (χ3n) is 5.58. The molecule has 0 saturated carbocycles. The number of aryl methyl sites for hydroxylation is 3. The van der Waals surface area contributed by atoms with Crippen LogP contribution in [0.1, 0.15) is 11.1 Å². The van der Waals surface area contributed by atoms with Crippen LogP contribution in [0.4, 0.5) is 0 Å². The van der Waals surface area contributed by atoms with Crippen molar-refractivity contribution in [3.8, 4) is 22.4 Å². The van der Waals surface area contributed by atoms with Crippen molar-refractivity contribution in [3.05, 3.63) is 90.1 Å².